The van der Waals surface area contributed by atoms with Crippen molar-refractivity contribution in [1.29, 1.82) is 0 Å². The smallest absolute Gasteiger partial charge is 0.273 e. The van der Waals surface area contributed by atoms with Gasteiger partial charge in [0.25, 0.3) is 11.8 Å². The summed E-state index contributed by atoms with van der Waals surface area (Å²) >= 11 is 0. The number of nitrogens with one attached hydrogen (secondary N) is 3. The lowest BCUT2D eigenvalue weighted by atomic mass is 10.1. The van der Waals surface area contributed by atoms with Gasteiger partial charge >= 0.3 is 0 Å². The third-order valence-corrected chi connectivity index (χ3v) is 4.45. The zero-order valence-electron chi connectivity index (χ0n) is 15.3. The van der Waals surface area contributed by atoms with Crippen LogP contribution in [0.3, 0.4) is 0 Å². The zero-order chi connectivity index (χ0) is 19.1. The summed E-state index contributed by atoms with van der Waals surface area (Å²) in [7, 11) is 1.55. The van der Waals surface area contributed by atoms with Crippen LogP contribution in [0.15, 0.2) is 30.5 Å². The summed E-state index contributed by atoms with van der Waals surface area (Å²) in [5.41, 5.74) is 0.790. The van der Waals surface area contributed by atoms with Gasteiger partial charge in [-0.2, -0.15) is 0 Å². The Morgan fingerprint density at radius 3 is 2.70 bits per heavy atom. The van der Waals surface area contributed by atoms with Crippen LogP contribution in [-0.4, -0.2) is 60.1 Å². The Morgan fingerprint density at radius 1 is 1.22 bits per heavy atom. The van der Waals surface area contributed by atoms with E-state index in [0.29, 0.717) is 24.4 Å². The highest BCUT2D eigenvalue weighted by molar-refractivity contribution is 5.94. The van der Waals surface area contributed by atoms with Crippen molar-refractivity contribution in [3.8, 4) is 5.75 Å². The molecule has 9 heteroatoms. The highest BCUT2D eigenvalue weighted by atomic mass is 16.5. The predicted octanol–water partition coefficient (Wildman–Crippen LogP) is 0.371. The molecule has 27 heavy (non-hydrogen) atoms. The SMILES string of the molecule is COc1cccc(C(=O)NCCNC(=O)c2cn(C3CCNCC3)nn2)c1. The predicted molar refractivity (Wildman–Crippen MR) is 98.8 cm³/mol. The van der Waals surface area contributed by atoms with E-state index in [2.05, 4.69) is 26.3 Å². The maximum Gasteiger partial charge on any atom is 0.273 e. The summed E-state index contributed by atoms with van der Waals surface area (Å²) in [6.45, 7) is 2.50. The van der Waals surface area contributed by atoms with Crippen molar-refractivity contribution in [3.05, 3.63) is 41.7 Å². The number of hydrogen-bond donors (Lipinski definition) is 3. The molecule has 0 unspecified atom stereocenters. The van der Waals surface area contributed by atoms with E-state index in [-0.39, 0.29) is 23.6 Å². The first kappa shape index (κ1) is 18.8. The maximum atomic E-state index is 12.2. The van der Waals surface area contributed by atoms with Crippen molar-refractivity contribution in [1.82, 2.24) is 30.9 Å². The highest BCUT2D eigenvalue weighted by Crippen LogP contribution is 2.17. The molecule has 1 fully saturated rings. The molecular formula is C18H24N6O3. The number of aromatic nitrogens is 3. The molecule has 1 aliphatic rings. The molecule has 0 spiro atoms. The monoisotopic (exact) mass is 372 g/mol. The van der Waals surface area contributed by atoms with Gasteiger partial charge in [0.1, 0.15) is 5.75 Å². The molecule has 3 N–H and O–H groups in total. The fraction of sp³-hybridized carbons (Fsp3) is 0.444. The number of carbonyl (C=O) groups excluding carboxylic acids is 2. The summed E-state index contributed by atoms with van der Waals surface area (Å²) in [6, 6.07) is 7.17. The van der Waals surface area contributed by atoms with Gasteiger partial charge in [-0.3, -0.25) is 9.59 Å². The van der Waals surface area contributed by atoms with Gasteiger partial charge in [-0.15, -0.1) is 5.10 Å². The normalized spacial score (nSPS) is 14.6. The second kappa shape index (κ2) is 9.13. The first-order valence-electron chi connectivity index (χ1n) is 9.00. The minimum absolute atomic E-state index is 0.222. The second-order valence-electron chi connectivity index (χ2n) is 6.31. The molecular weight excluding hydrogens is 348 g/mol. The lowest BCUT2D eigenvalue weighted by Crippen LogP contribution is -2.34. The van der Waals surface area contributed by atoms with Gasteiger partial charge in [0, 0.05) is 18.7 Å². The summed E-state index contributed by atoms with van der Waals surface area (Å²) < 4.78 is 6.87. The molecule has 2 aromatic rings. The standard InChI is InChI=1S/C18H24N6O3/c1-27-15-4-2-3-13(11-15)17(25)20-9-10-21-18(26)16-12-24(23-22-16)14-5-7-19-8-6-14/h2-4,11-12,14,19H,5-10H2,1H3,(H,20,25)(H,21,26). The number of carbonyl (C=O) groups is 2. The largest absolute Gasteiger partial charge is 0.497 e. The molecule has 9 nitrogen and oxygen atoms in total. The topological polar surface area (TPSA) is 110 Å². The number of rotatable bonds is 7. The molecule has 0 saturated carbocycles. The Balaban J connectivity index is 1.43. The molecule has 0 radical (unpaired) electrons. The lowest BCUT2D eigenvalue weighted by molar-refractivity contribution is 0.0925. The van der Waals surface area contributed by atoms with Crippen molar-refractivity contribution in [2.24, 2.45) is 0 Å². The van der Waals surface area contributed by atoms with Gasteiger partial charge in [0.2, 0.25) is 0 Å². The molecule has 0 aliphatic carbocycles. The van der Waals surface area contributed by atoms with E-state index in [0.717, 1.165) is 25.9 Å². The van der Waals surface area contributed by atoms with Crippen LogP contribution in [0.2, 0.25) is 0 Å². The van der Waals surface area contributed by atoms with Crippen LogP contribution in [0.1, 0.15) is 39.7 Å². The molecule has 1 saturated heterocycles. The Bertz CT molecular complexity index is 785. The first-order valence-corrected chi connectivity index (χ1v) is 9.00. The Hall–Kier alpha value is -2.94. The fourth-order valence-electron chi connectivity index (χ4n) is 2.94. The third kappa shape index (κ3) is 5.04. The summed E-state index contributed by atoms with van der Waals surface area (Å²) in [6.07, 6.45) is 3.63. The van der Waals surface area contributed by atoms with E-state index < -0.39 is 0 Å². The number of benzene rings is 1. The Morgan fingerprint density at radius 2 is 1.96 bits per heavy atom. The summed E-state index contributed by atoms with van der Waals surface area (Å²) in [4.78, 5) is 24.3. The molecule has 2 amide bonds. The minimum Gasteiger partial charge on any atom is -0.497 e. The Labute approximate surface area is 157 Å². The van der Waals surface area contributed by atoms with Crippen LogP contribution in [0, 0.1) is 0 Å². The van der Waals surface area contributed by atoms with Crippen LogP contribution in [-0.2, 0) is 0 Å². The number of piperidine rings is 1. The van der Waals surface area contributed by atoms with Crippen LogP contribution >= 0.6 is 0 Å². The Kier molecular flexibility index (Phi) is 6.37. The highest BCUT2D eigenvalue weighted by Gasteiger charge is 2.18. The number of amides is 2. The fourth-order valence-corrected chi connectivity index (χ4v) is 2.94. The van der Waals surface area contributed by atoms with Crippen LogP contribution < -0.4 is 20.7 Å². The second-order valence-corrected chi connectivity index (χ2v) is 6.31. The number of hydrogen-bond acceptors (Lipinski definition) is 6. The van der Waals surface area contributed by atoms with Gasteiger partial charge < -0.3 is 20.7 Å². The van der Waals surface area contributed by atoms with E-state index in [9.17, 15) is 9.59 Å². The first-order chi connectivity index (χ1) is 13.2. The average Bonchev–Trinajstić information content (AvgIpc) is 3.22. The number of nitrogens with zero attached hydrogens (tertiary/aromatic N) is 3. The van der Waals surface area contributed by atoms with Crippen molar-refractivity contribution >= 4 is 11.8 Å². The van der Waals surface area contributed by atoms with Gasteiger partial charge in [-0.25, -0.2) is 4.68 Å². The third-order valence-electron chi connectivity index (χ3n) is 4.45. The van der Waals surface area contributed by atoms with E-state index in [1.807, 2.05) is 0 Å². The van der Waals surface area contributed by atoms with E-state index >= 15 is 0 Å². The van der Waals surface area contributed by atoms with Crippen molar-refractivity contribution in [2.45, 2.75) is 18.9 Å². The minimum atomic E-state index is -0.300. The van der Waals surface area contributed by atoms with Crippen LogP contribution in [0.25, 0.3) is 0 Å². The zero-order valence-corrected chi connectivity index (χ0v) is 15.3. The molecule has 3 rings (SSSR count). The van der Waals surface area contributed by atoms with Crippen LogP contribution in [0.4, 0.5) is 0 Å². The average molecular weight is 372 g/mol. The van der Waals surface area contributed by atoms with E-state index in [4.69, 9.17) is 4.74 Å². The molecule has 1 aliphatic heterocycles. The van der Waals surface area contributed by atoms with E-state index in [1.54, 1.807) is 42.3 Å². The number of ether oxygens (including phenoxy) is 1. The molecule has 0 bridgehead atoms. The quantitative estimate of drug-likeness (QED) is 0.606. The molecule has 1 aromatic carbocycles. The van der Waals surface area contributed by atoms with Crippen LogP contribution in [0.5, 0.6) is 5.75 Å². The van der Waals surface area contributed by atoms with Crippen molar-refractivity contribution < 1.29 is 14.3 Å². The molecule has 144 valence electrons. The molecule has 2 heterocycles. The van der Waals surface area contributed by atoms with Gasteiger partial charge in [-0.05, 0) is 44.1 Å². The molecule has 0 atom stereocenters. The summed E-state index contributed by atoms with van der Waals surface area (Å²) in [5, 5.41) is 16.8. The van der Waals surface area contributed by atoms with Gasteiger partial charge in [0.05, 0.1) is 19.3 Å². The van der Waals surface area contributed by atoms with Crippen molar-refractivity contribution in [3.63, 3.8) is 0 Å². The number of methoxy groups -OCH3 is 1. The van der Waals surface area contributed by atoms with Gasteiger partial charge in [0.15, 0.2) is 5.69 Å². The van der Waals surface area contributed by atoms with Gasteiger partial charge in [-0.1, -0.05) is 11.3 Å². The van der Waals surface area contributed by atoms with E-state index in [1.165, 1.54) is 0 Å². The maximum absolute atomic E-state index is 12.2. The lowest BCUT2D eigenvalue weighted by Gasteiger charge is -2.22. The van der Waals surface area contributed by atoms with Crippen molar-refractivity contribution in [2.75, 3.05) is 33.3 Å². The molecule has 1 aromatic heterocycles. The summed E-state index contributed by atoms with van der Waals surface area (Å²) in [5.74, 6) is 0.0959.